The maximum atomic E-state index is 9.06. The van der Waals surface area contributed by atoms with Gasteiger partial charge in [-0.05, 0) is 6.42 Å². The average Bonchev–Trinajstić information content (AvgIpc) is 2.01. The number of β-amino-alcohol motifs (C(OH)–C–C–N with tert-alkyl or cyclic N) is 1. The topological polar surface area (TPSA) is 35.8 Å². The van der Waals surface area contributed by atoms with E-state index in [0.29, 0.717) is 0 Å². The number of nitrogens with zero attached hydrogens (tertiary/aromatic N) is 2. The van der Waals surface area contributed by atoms with Gasteiger partial charge >= 0.3 is 0 Å². The van der Waals surface area contributed by atoms with E-state index in [2.05, 4.69) is 9.89 Å². The fourth-order valence-corrected chi connectivity index (χ4v) is 1.45. The molecule has 0 atom stereocenters. The molecule has 3 nitrogen and oxygen atoms in total. The standard InChI is InChI=1S/C8H11BN2O/c9-6-1-2-8(10-3-6)11-4-7(12)5-11/h3,7,12H,1-2,4-5H2. The Kier molecular flexibility index (Phi) is 1.93. The minimum atomic E-state index is -0.157. The van der Waals surface area contributed by atoms with Crippen LogP contribution in [0.5, 0.6) is 0 Å². The van der Waals surface area contributed by atoms with Crippen LogP contribution in [0.25, 0.3) is 0 Å². The van der Waals surface area contributed by atoms with Crippen LogP contribution in [0.2, 0.25) is 0 Å². The van der Waals surface area contributed by atoms with Crippen LogP contribution in [0.15, 0.2) is 16.7 Å². The zero-order valence-electron chi connectivity index (χ0n) is 6.90. The van der Waals surface area contributed by atoms with Gasteiger partial charge in [0, 0.05) is 25.7 Å². The van der Waals surface area contributed by atoms with Crippen molar-refractivity contribution in [1.82, 2.24) is 4.90 Å². The van der Waals surface area contributed by atoms with Crippen LogP contribution in [0.1, 0.15) is 12.8 Å². The van der Waals surface area contributed by atoms with Crippen LogP contribution in [0.4, 0.5) is 0 Å². The Morgan fingerprint density at radius 2 is 2.25 bits per heavy atom. The number of hydrogen-bond donors (Lipinski definition) is 1. The lowest BCUT2D eigenvalue weighted by Gasteiger charge is -2.39. The summed E-state index contributed by atoms with van der Waals surface area (Å²) < 4.78 is 0. The predicted octanol–water partition coefficient (Wildman–Crippen LogP) is -0.135. The molecule has 2 heterocycles. The number of rotatable bonds is 0. The molecule has 0 aromatic rings. The molecule has 1 N–H and O–H groups in total. The number of aliphatic hydroxyl groups excluding tert-OH is 1. The maximum absolute atomic E-state index is 9.06. The summed E-state index contributed by atoms with van der Waals surface area (Å²) in [5.74, 6) is 1.06. The Labute approximate surface area is 73.2 Å². The lowest BCUT2D eigenvalue weighted by molar-refractivity contribution is 0.0452. The van der Waals surface area contributed by atoms with Crippen molar-refractivity contribution >= 4 is 13.7 Å². The molecule has 2 radical (unpaired) electrons. The molecule has 0 saturated carbocycles. The zero-order chi connectivity index (χ0) is 8.55. The molecule has 4 heteroatoms. The van der Waals surface area contributed by atoms with Crippen molar-refractivity contribution in [2.45, 2.75) is 18.9 Å². The van der Waals surface area contributed by atoms with E-state index in [1.807, 2.05) is 0 Å². The average molecular weight is 162 g/mol. The Morgan fingerprint density at radius 1 is 1.50 bits per heavy atom. The molecule has 0 amide bonds. The van der Waals surface area contributed by atoms with E-state index in [4.69, 9.17) is 13.0 Å². The molecular formula is C8H11BN2O. The van der Waals surface area contributed by atoms with E-state index in [1.54, 1.807) is 6.20 Å². The summed E-state index contributed by atoms with van der Waals surface area (Å²) in [4.78, 5) is 6.30. The van der Waals surface area contributed by atoms with Crippen molar-refractivity contribution in [2.24, 2.45) is 4.99 Å². The molecular weight excluding hydrogens is 151 g/mol. The van der Waals surface area contributed by atoms with Gasteiger partial charge in [-0.1, -0.05) is 5.47 Å². The van der Waals surface area contributed by atoms with E-state index >= 15 is 0 Å². The first kappa shape index (κ1) is 7.86. The summed E-state index contributed by atoms with van der Waals surface area (Å²) >= 11 is 0. The van der Waals surface area contributed by atoms with Gasteiger partial charge in [-0.25, -0.2) is 4.99 Å². The molecule has 1 fully saturated rings. The van der Waals surface area contributed by atoms with E-state index in [1.165, 1.54) is 0 Å². The van der Waals surface area contributed by atoms with Gasteiger partial charge in [0.25, 0.3) is 0 Å². The number of aliphatic hydroxyl groups is 1. The molecule has 2 aliphatic rings. The number of allylic oxidation sites excluding steroid dienone is 1. The molecule has 0 unspecified atom stereocenters. The SMILES string of the molecule is [B]C1=CN=C(N2CC(O)C2)CC1. The number of amidine groups is 1. The second kappa shape index (κ2) is 2.94. The van der Waals surface area contributed by atoms with Gasteiger partial charge in [-0.2, -0.15) is 0 Å². The lowest BCUT2D eigenvalue weighted by atomic mass is 9.90. The molecule has 0 spiro atoms. The highest BCUT2D eigenvalue weighted by Gasteiger charge is 2.27. The van der Waals surface area contributed by atoms with Gasteiger partial charge in [0.15, 0.2) is 0 Å². The third-order valence-electron chi connectivity index (χ3n) is 2.24. The van der Waals surface area contributed by atoms with Gasteiger partial charge in [0.2, 0.25) is 0 Å². The monoisotopic (exact) mass is 162 g/mol. The van der Waals surface area contributed by atoms with Gasteiger partial charge in [-0.3, -0.25) is 0 Å². The highest BCUT2D eigenvalue weighted by molar-refractivity contribution is 6.22. The van der Waals surface area contributed by atoms with Crippen molar-refractivity contribution in [1.29, 1.82) is 0 Å². The van der Waals surface area contributed by atoms with Crippen LogP contribution in [0, 0.1) is 0 Å². The quantitative estimate of drug-likeness (QED) is 0.503. The van der Waals surface area contributed by atoms with Gasteiger partial charge in [0.05, 0.1) is 6.10 Å². The first-order valence-corrected chi connectivity index (χ1v) is 4.20. The summed E-state index contributed by atoms with van der Waals surface area (Å²) in [6.07, 6.45) is 3.36. The van der Waals surface area contributed by atoms with E-state index in [0.717, 1.165) is 37.2 Å². The largest absolute Gasteiger partial charge is 0.389 e. The van der Waals surface area contributed by atoms with Crippen LogP contribution >= 0.6 is 0 Å². The molecule has 0 aromatic carbocycles. The van der Waals surface area contributed by atoms with Gasteiger partial charge in [-0.15, -0.1) is 0 Å². The van der Waals surface area contributed by atoms with E-state index in [9.17, 15) is 0 Å². The molecule has 0 bridgehead atoms. The summed E-state index contributed by atoms with van der Waals surface area (Å²) in [6.45, 7) is 1.46. The second-order valence-electron chi connectivity index (χ2n) is 3.31. The van der Waals surface area contributed by atoms with Crippen LogP contribution < -0.4 is 0 Å². The molecule has 12 heavy (non-hydrogen) atoms. The summed E-state index contributed by atoms with van der Waals surface area (Å²) in [5, 5.41) is 9.06. The Bertz CT molecular complexity index is 243. The smallest absolute Gasteiger partial charge is 0.109 e. The molecule has 2 rings (SSSR count). The Morgan fingerprint density at radius 3 is 2.75 bits per heavy atom. The summed E-state index contributed by atoms with van der Waals surface area (Å²) in [6, 6.07) is 0. The van der Waals surface area contributed by atoms with Crippen LogP contribution in [-0.2, 0) is 0 Å². The zero-order valence-corrected chi connectivity index (χ0v) is 6.90. The third kappa shape index (κ3) is 1.39. The fraction of sp³-hybridized carbons (Fsp3) is 0.625. The summed E-state index contributed by atoms with van der Waals surface area (Å²) in [5.41, 5.74) is 0.847. The molecule has 62 valence electrons. The van der Waals surface area contributed by atoms with Crippen LogP contribution in [0.3, 0.4) is 0 Å². The number of likely N-dealkylation sites (tertiary alicyclic amines) is 1. The van der Waals surface area contributed by atoms with Crippen molar-refractivity contribution in [3.05, 3.63) is 11.7 Å². The van der Waals surface area contributed by atoms with Crippen molar-refractivity contribution < 1.29 is 5.11 Å². The van der Waals surface area contributed by atoms with Crippen LogP contribution in [-0.4, -0.2) is 42.9 Å². The minimum absolute atomic E-state index is 0.157. The highest BCUT2D eigenvalue weighted by Crippen LogP contribution is 2.16. The van der Waals surface area contributed by atoms with E-state index < -0.39 is 0 Å². The first-order valence-electron chi connectivity index (χ1n) is 4.20. The van der Waals surface area contributed by atoms with Gasteiger partial charge < -0.3 is 10.0 Å². The molecule has 2 aliphatic heterocycles. The fourth-order valence-electron chi connectivity index (χ4n) is 1.45. The number of aliphatic imine (C=N–C) groups is 1. The second-order valence-corrected chi connectivity index (χ2v) is 3.31. The molecule has 0 aromatic heterocycles. The van der Waals surface area contributed by atoms with Crippen molar-refractivity contribution in [3.8, 4) is 0 Å². The molecule has 0 aliphatic carbocycles. The van der Waals surface area contributed by atoms with Crippen molar-refractivity contribution in [3.63, 3.8) is 0 Å². The minimum Gasteiger partial charge on any atom is -0.389 e. The lowest BCUT2D eigenvalue weighted by Crippen LogP contribution is -2.53. The van der Waals surface area contributed by atoms with Gasteiger partial charge in [0.1, 0.15) is 13.7 Å². The van der Waals surface area contributed by atoms with E-state index in [-0.39, 0.29) is 6.10 Å². The predicted molar refractivity (Wildman–Crippen MR) is 48.1 cm³/mol. The highest BCUT2D eigenvalue weighted by atomic mass is 16.3. The normalized spacial score (nSPS) is 24.6. The third-order valence-corrected chi connectivity index (χ3v) is 2.24. The molecule has 1 saturated heterocycles. The Hall–Kier alpha value is -0.765. The summed E-state index contributed by atoms with van der Waals surface area (Å²) in [7, 11) is 5.57. The number of hydrogen-bond acceptors (Lipinski definition) is 3. The maximum Gasteiger partial charge on any atom is 0.109 e. The first-order chi connectivity index (χ1) is 5.75. The Balaban J connectivity index is 1.97. The van der Waals surface area contributed by atoms with Crippen molar-refractivity contribution in [2.75, 3.05) is 13.1 Å².